The molecule has 1 saturated carbocycles. The minimum atomic E-state index is -0.251. The fraction of sp³-hybridized carbons (Fsp3) is 0.346. The molecule has 7 nitrogen and oxygen atoms in total. The monoisotopic (exact) mass is 455 g/mol. The Morgan fingerprint density at radius 3 is 2.97 bits per heavy atom. The van der Waals surface area contributed by atoms with Crippen molar-refractivity contribution in [3.63, 3.8) is 0 Å². The van der Waals surface area contributed by atoms with E-state index in [4.69, 9.17) is 15.7 Å². The van der Waals surface area contributed by atoms with Gasteiger partial charge in [0.25, 0.3) is 0 Å². The number of nitrogens with one attached hydrogen (secondary N) is 1. The molecule has 2 atom stereocenters. The topological polar surface area (TPSA) is 84.4 Å². The molecule has 2 fully saturated rings. The molecule has 8 heteroatoms. The molecule has 172 valence electrons. The Balaban J connectivity index is 1.34. The van der Waals surface area contributed by atoms with Crippen LogP contribution in [0.1, 0.15) is 35.5 Å². The summed E-state index contributed by atoms with van der Waals surface area (Å²) in [5.41, 5.74) is 13.2. The lowest BCUT2D eigenvalue weighted by Crippen LogP contribution is -2.25. The SMILES string of the molecule is CNc1cc(F)cc2c1Cc1nc(Cc3cnc4cccn4c3)nc(N3CC[C@@]4(C[C@H]4N)C3)c1-2. The minimum Gasteiger partial charge on any atom is -0.388 e. The second-order valence-corrected chi connectivity index (χ2v) is 9.95. The van der Waals surface area contributed by atoms with E-state index < -0.39 is 0 Å². The number of benzene rings is 1. The Hall–Kier alpha value is -3.52. The van der Waals surface area contributed by atoms with Gasteiger partial charge in [0.1, 0.15) is 23.1 Å². The molecule has 34 heavy (non-hydrogen) atoms. The lowest BCUT2D eigenvalue weighted by molar-refractivity contribution is 0.553. The molecule has 3 N–H and O–H groups in total. The summed E-state index contributed by atoms with van der Waals surface area (Å²) < 4.78 is 16.6. The molecule has 1 aliphatic heterocycles. The van der Waals surface area contributed by atoms with E-state index in [1.165, 1.54) is 0 Å². The standard InChI is InChI=1S/C26H26FN7/c1-29-19-9-16(27)8-18-17(19)10-20-24(18)25(34-6-4-26(14-34)11-21(26)28)32-22(31-20)7-15-12-30-23-3-2-5-33(23)13-15/h2-3,5,8-9,12-13,21,29H,4,6-7,10-11,14,28H2,1H3/t21-,26-/m1/s1. The van der Waals surface area contributed by atoms with E-state index >= 15 is 0 Å². The molecular weight excluding hydrogens is 429 g/mol. The second-order valence-electron chi connectivity index (χ2n) is 9.95. The van der Waals surface area contributed by atoms with Crippen LogP contribution in [-0.4, -0.2) is 45.5 Å². The molecular formula is C26H26FN7. The van der Waals surface area contributed by atoms with Gasteiger partial charge in [-0.1, -0.05) is 0 Å². The second kappa shape index (κ2) is 6.99. The van der Waals surface area contributed by atoms with Crippen molar-refractivity contribution in [2.24, 2.45) is 11.1 Å². The van der Waals surface area contributed by atoms with Crippen molar-refractivity contribution in [1.82, 2.24) is 19.4 Å². The number of hydrogen-bond donors (Lipinski definition) is 2. The third kappa shape index (κ3) is 2.94. The molecule has 2 aliphatic carbocycles. The number of anilines is 2. The van der Waals surface area contributed by atoms with E-state index in [0.717, 1.165) is 76.9 Å². The number of hydrogen-bond acceptors (Lipinski definition) is 6. The quantitative estimate of drug-likeness (QED) is 0.432. The van der Waals surface area contributed by atoms with Crippen LogP contribution in [0.5, 0.6) is 0 Å². The number of halogens is 1. The van der Waals surface area contributed by atoms with Gasteiger partial charge < -0.3 is 20.4 Å². The van der Waals surface area contributed by atoms with Gasteiger partial charge in [0.05, 0.1) is 5.69 Å². The summed E-state index contributed by atoms with van der Waals surface area (Å²) >= 11 is 0. The van der Waals surface area contributed by atoms with Crippen LogP contribution in [0.25, 0.3) is 16.8 Å². The zero-order valence-corrected chi connectivity index (χ0v) is 19.1. The van der Waals surface area contributed by atoms with Gasteiger partial charge in [-0.25, -0.2) is 19.3 Å². The Morgan fingerprint density at radius 2 is 2.18 bits per heavy atom. The summed E-state index contributed by atoms with van der Waals surface area (Å²) in [6.45, 7) is 1.81. The van der Waals surface area contributed by atoms with Crippen LogP contribution in [0.3, 0.4) is 0 Å². The highest BCUT2D eigenvalue weighted by atomic mass is 19.1. The van der Waals surface area contributed by atoms with Gasteiger partial charge in [0, 0.05) is 74.3 Å². The van der Waals surface area contributed by atoms with Gasteiger partial charge in [-0.2, -0.15) is 0 Å². The number of aromatic nitrogens is 4. The zero-order valence-electron chi connectivity index (χ0n) is 19.1. The summed E-state index contributed by atoms with van der Waals surface area (Å²) in [4.78, 5) is 17.0. The highest BCUT2D eigenvalue weighted by Crippen LogP contribution is 2.54. The van der Waals surface area contributed by atoms with Crippen LogP contribution in [0, 0.1) is 11.2 Å². The highest BCUT2D eigenvalue weighted by molar-refractivity contribution is 5.88. The van der Waals surface area contributed by atoms with Crippen molar-refractivity contribution in [1.29, 1.82) is 0 Å². The van der Waals surface area contributed by atoms with E-state index in [1.54, 1.807) is 12.1 Å². The molecule has 4 aromatic rings. The first-order valence-electron chi connectivity index (χ1n) is 11.9. The summed E-state index contributed by atoms with van der Waals surface area (Å²) in [5.74, 6) is 1.43. The summed E-state index contributed by atoms with van der Waals surface area (Å²) in [6.07, 6.45) is 9.36. The molecule has 1 spiro atoms. The first-order chi connectivity index (χ1) is 16.5. The molecule has 3 aliphatic rings. The van der Waals surface area contributed by atoms with Gasteiger partial charge in [-0.15, -0.1) is 0 Å². The smallest absolute Gasteiger partial charge is 0.140 e. The third-order valence-electron chi connectivity index (χ3n) is 7.83. The molecule has 1 saturated heterocycles. The molecule has 0 unspecified atom stereocenters. The maximum atomic E-state index is 14.5. The average molecular weight is 456 g/mol. The molecule has 4 heterocycles. The van der Waals surface area contributed by atoms with Crippen LogP contribution in [0.4, 0.5) is 15.9 Å². The minimum absolute atomic E-state index is 0.209. The van der Waals surface area contributed by atoms with Crippen LogP contribution in [-0.2, 0) is 12.8 Å². The van der Waals surface area contributed by atoms with Crippen molar-refractivity contribution >= 4 is 17.2 Å². The molecule has 1 aromatic carbocycles. The van der Waals surface area contributed by atoms with Crippen LogP contribution in [0.15, 0.2) is 42.9 Å². The van der Waals surface area contributed by atoms with Crippen LogP contribution in [0.2, 0.25) is 0 Å². The maximum Gasteiger partial charge on any atom is 0.140 e. The van der Waals surface area contributed by atoms with E-state index in [2.05, 4.69) is 21.4 Å². The summed E-state index contributed by atoms with van der Waals surface area (Å²) in [6, 6.07) is 7.43. The van der Waals surface area contributed by atoms with Gasteiger partial charge in [-0.3, -0.25) is 0 Å². The lowest BCUT2D eigenvalue weighted by atomic mass is 10.0. The predicted octanol–water partition coefficient (Wildman–Crippen LogP) is 3.39. The average Bonchev–Trinajstić information content (AvgIpc) is 3.24. The van der Waals surface area contributed by atoms with Crippen LogP contribution >= 0.6 is 0 Å². The Kier molecular flexibility index (Phi) is 4.09. The van der Waals surface area contributed by atoms with E-state index in [0.29, 0.717) is 12.8 Å². The first-order valence-corrected chi connectivity index (χ1v) is 11.9. The Morgan fingerprint density at radius 1 is 1.29 bits per heavy atom. The largest absolute Gasteiger partial charge is 0.388 e. The van der Waals surface area contributed by atoms with Crippen molar-refractivity contribution < 1.29 is 4.39 Å². The predicted molar refractivity (Wildman–Crippen MR) is 130 cm³/mol. The fourth-order valence-corrected chi connectivity index (χ4v) is 5.86. The molecule has 7 rings (SSSR count). The Labute approximate surface area is 196 Å². The van der Waals surface area contributed by atoms with Crippen molar-refractivity contribution in [3.05, 3.63) is 71.3 Å². The summed E-state index contributed by atoms with van der Waals surface area (Å²) in [5, 5.41) is 3.16. The van der Waals surface area contributed by atoms with Gasteiger partial charge in [-0.05, 0) is 53.8 Å². The van der Waals surface area contributed by atoms with Gasteiger partial charge >= 0.3 is 0 Å². The third-order valence-corrected chi connectivity index (χ3v) is 7.83. The van der Waals surface area contributed by atoms with E-state index in [-0.39, 0.29) is 17.3 Å². The van der Waals surface area contributed by atoms with E-state index in [1.807, 2.05) is 36.0 Å². The number of rotatable bonds is 4. The van der Waals surface area contributed by atoms with Gasteiger partial charge in [0.2, 0.25) is 0 Å². The summed E-state index contributed by atoms with van der Waals surface area (Å²) in [7, 11) is 1.83. The van der Waals surface area contributed by atoms with Crippen molar-refractivity contribution in [2.45, 2.75) is 31.7 Å². The zero-order chi connectivity index (χ0) is 23.0. The highest BCUT2D eigenvalue weighted by Gasteiger charge is 2.56. The molecule has 0 bridgehead atoms. The van der Waals surface area contributed by atoms with Gasteiger partial charge in [0.15, 0.2) is 0 Å². The van der Waals surface area contributed by atoms with Crippen molar-refractivity contribution in [3.8, 4) is 11.1 Å². The molecule has 0 radical (unpaired) electrons. The van der Waals surface area contributed by atoms with Crippen LogP contribution < -0.4 is 16.0 Å². The lowest BCUT2D eigenvalue weighted by Gasteiger charge is -2.22. The maximum absolute atomic E-state index is 14.5. The Bertz CT molecular complexity index is 1460. The fourth-order valence-electron chi connectivity index (χ4n) is 5.86. The number of fused-ring (bicyclic) bond motifs is 4. The normalized spacial score (nSPS) is 22.4. The first kappa shape index (κ1) is 19.9. The van der Waals surface area contributed by atoms with Crippen molar-refractivity contribution in [2.75, 3.05) is 30.4 Å². The molecule has 3 aromatic heterocycles. The number of nitrogens with zero attached hydrogens (tertiary/aromatic N) is 5. The van der Waals surface area contributed by atoms with E-state index in [9.17, 15) is 4.39 Å². The molecule has 0 amide bonds. The number of nitrogens with two attached hydrogens (primary N) is 1.